The Hall–Kier alpha value is -2.20. The first kappa shape index (κ1) is 13.8. The molecular formula is C16H14ClNO3. The third-order valence-corrected chi connectivity index (χ3v) is 3.39. The van der Waals surface area contributed by atoms with Crippen molar-refractivity contribution in [3.8, 4) is 11.5 Å². The van der Waals surface area contributed by atoms with Crippen LogP contribution in [0.1, 0.15) is 6.42 Å². The lowest BCUT2D eigenvalue weighted by molar-refractivity contribution is -0.117. The molecule has 0 aliphatic carbocycles. The van der Waals surface area contributed by atoms with Gasteiger partial charge in [-0.15, -0.1) is 11.6 Å². The van der Waals surface area contributed by atoms with Crippen LogP contribution in [0.5, 0.6) is 11.5 Å². The van der Waals surface area contributed by atoms with Crippen LogP contribution in [-0.2, 0) is 4.79 Å². The topological polar surface area (TPSA) is 38.8 Å². The Balaban J connectivity index is 2.16. The number of rotatable bonds is 2. The fourth-order valence-electron chi connectivity index (χ4n) is 2.28. The number of carbonyl (C=O) groups is 1. The van der Waals surface area contributed by atoms with Gasteiger partial charge in [0.25, 0.3) is 0 Å². The normalized spacial score (nSPS) is 13.1. The van der Waals surface area contributed by atoms with Gasteiger partial charge in [-0.05, 0) is 24.3 Å². The third kappa shape index (κ3) is 2.67. The Kier molecular flexibility index (Phi) is 3.97. The van der Waals surface area contributed by atoms with Gasteiger partial charge in [-0.3, -0.25) is 9.69 Å². The van der Waals surface area contributed by atoms with Crippen molar-refractivity contribution in [2.24, 2.45) is 0 Å². The second-order valence-corrected chi connectivity index (χ2v) is 4.89. The summed E-state index contributed by atoms with van der Waals surface area (Å²) in [6.45, 7) is 0.103. The molecule has 1 heterocycles. The molecule has 2 aromatic rings. The predicted molar refractivity (Wildman–Crippen MR) is 81.5 cm³/mol. The van der Waals surface area contributed by atoms with E-state index in [9.17, 15) is 4.79 Å². The van der Waals surface area contributed by atoms with Crippen molar-refractivity contribution in [3.63, 3.8) is 0 Å². The number of halogens is 1. The van der Waals surface area contributed by atoms with Gasteiger partial charge < -0.3 is 9.47 Å². The fourth-order valence-corrected chi connectivity index (χ4v) is 2.44. The number of nitrogens with zero attached hydrogens (tertiary/aromatic N) is 1. The number of carbonyl (C=O) groups excluding carboxylic acids is 1. The van der Waals surface area contributed by atoms with Crippen LogP contribution in [0.3, 0.4) is 0 Å². The van der Waals surface area contributed by atoms with Crippen molar-refractivity contribution in [2.75, 3.05) is 17.6 Å². The zero-order valence-electron chi connectivity index (χ0n) is 11.3. The summed E-state index contributed by atoms with van der Waals surface area (Å²) in [6.07, 6.45) is 0.240. The maximum absolute atomic E-state index is 12.5. The maximum Gasteiger partial charge on any atom is 0.232 e. The molecular weight excluding hydrogens is 290 g/mol. The van der Waals surface area contributed by atoms with Crippen LogP contribution in [0.15, 0.2) is 48.5 Å². The van der Waals surface area contributed by atoms with Gasteiger partial charge in [0.15, 0.2) is 0 Å². The molecule has 0 spiro atoms. The highest BCUT2D eigenvalue weighted by Crippen LogP contribution is 2.40. The Morgan fingerprint density at radius 2 is 1.52 bits per heavy atom. The molecule has 0 saturated heterocycles. The molecule has 0 fully saturated rings. The zero-order valence-corrected chi connectivity index (χ0v) is 12.0. The van der Waals surface area contributed by atoms with Crippen LogP contribution >= 0.6 is 11.6 Å². The van der Waals surface area contributed by atoms with E-state index in [1.165, 1.54) is 0 Å². The molecule has 0 unspecified atom stereocenters. The van der Waals surface area contributed by atoms with Crippen LogP contribution in [0.25, 0.3) is 0 Å². The van der Waals surface area contributed by atoms with Crippen molar-refractivity contribution < 1.29 is 14.3 Å². The number of hydrogen-bond acceptors (Lipinski definition) is 3. The van der Waals surface area contributed by atoms with Gasteiger partial charge in [0, 0.05) is 12.3 Å². The Morgan fingerprint density at radius 1 is 1.00 bits per heavy atom. The number of alkyl halides is 1. The minimum Gasteiger partial charge on any atom is -0.455 e. The highest BCUT2D eigenvalue weighted by Gasteiger charge is 2.25. The second-order valence-electron chi connectivity index (χ2n) is 4.51. The van der Waals surface area contributed by atoms with Gasteiger partial charge in [0.2, 0.25) is 12.7 Å². The van der Waals surface area contributed by atoms with E-state index in [0.29, 0.717) is 22.9 Å². The summed E-state index contributed by atoms with van der Waals surface area (Å²) in [5.41, 5.74) is 1.40. The predicted octanol–water partition coefficient (Wildman–Crippen LogP) is 3.71. The lowest BCUT2D eigenvalue weighted by Gasteiger charge is -2.29. The molecule has 5 heteroatoms. The van der Waals surface area contributed by atoms with Crippen LogP contribution in [0, 0.1) is 0 Å². The molecule has 0 aromatic heterocycles. The largest absolute Gasteiger partial charge is 0.455 e. The number of ether oxygens (including phenoxy) is 2. The van der Waals surface area contributed by atoms with Crippen molar-refractivity contribution in [1.82, 2.24) is 0 Å². The quantitative estimate of drug-likeness (QED) is 0.794. The van der Waals surface area contributed by atoms with E-state index in [1.807, 2.05) is 48.5 Å². The fraction of sp³-hybridized carbons (Fsp3) is 0.188. The lowest BCUT2D eigenvalue weighted by Crippen LogP contribution is -2.28. The van der Waals surface area contributed by atoms with Crippen molar-refractivity contribution in [1.29, 1.82) is 0 Å². The van der Waals surface area contributed by atoms with Crippen molar-refractivity contribution in [3.05, 3.63) is 48.5 Å². The Labute approximate surface area is 127 Å². The van der Waals surface area contributed by atoms with E-state index in [4.69, 9.17) is 21.1 Å². The maximum atomic E-state index is 12.5. The molecule has 0 atom stereocenters. The smallest absolute Gasteiger partial charge is 0.232 e. The van der Waals surface area contributed by atoms with E-state index in [1.54, 1.807) is 4.90 Å². The number of anilines is 2. The van der Waals surface area contributed by atoms with Crippen LogP contribution in [0.2, 0.25) is 0 Å². The standard InChI is InChI=1S/C16H14ClNO3/c17-10-9-16(19)18-12-5-1-3-7-14(12)20-11-21-15-8-4-2-6-13(15)18/h1-8H,9-11H2. The van der Waals surface area contributed by atoms with E-state index in [2.05, 4.69) is 0 Å². The first-order chi connectivity index (χ1) is 10.3. The summed E-state index contributed by atoms with van der Waals surface area (Å²) in [5, 5.41) is 0. The van der Waals surface area contributed by atoms with Gasteiger partial charge in [0.1, 0.15) is 11.5 Å². The van der Waals surface area contributed by atoms with E-state index in [-0.39, 0.29) is 25.0 Å². The summed E-state index contributed by atoms with van der Waals surface area (Å²) in [5.74, 6) is 1.38. The highest BCUT2D eigenvalue weighted by atomic mass is 35.5. The Morgan fingerprint density at radius 3 is 2.05 bits per heavy atom. The summed E-state index contributed by atoms with van der Waals surface area (Å²) in [7, 11) is 0. The molecule has 0 saturated carbocycles. The molecule has 3 rings (SSSR count). The van der Waals surface area contributed by atoms with E-state index in [0.717, 1.165) is 0 Å². The number of hydrogen-bond donors (Lipinski definition) is 0. The third-order valence-electron chi connectivity index (χ3n) is 3.20. The van der Waals surface area contributed by atoms with Gasteiger partial charge in [-0.2, -0.15) is 0 Å². The zero-order chi connectivity index (χ0) is 14.7. The lowest BCUT2D eigenvalue weighted by atomic mass is 10.2. The first-order valence-corrected chi connectivity index (χ1v) is 7.17. The number of amides is 1. The molecule has 1 aliphatic rings. The molecule has 1 amide bonds. The molecule has 0 bridgehead atoms. The summed E-state index contributed by atoms with van der Waals surface area (Å²) >= 11 is 5.73. The van der Waals surface area contributed by atoms with Crippen LogP contribution < -0.4 is 14.4 Å². The molecule has 2 aromatic carbocycles. The highest BCUT2D eigenvalue weighted by molar-refractivity contribution is 6.19. The molecule has 1 aliphatic heterocycles. The summed E-state index contributed by atoms with van der Waals surface area (Å²) in [6, 6.07) is 14.8. The van der Waals surface area contributed by atoms with Crippen molar-refractivity contribution in [2.45, 2.75) is 6.42 Å². The number of para-hydroxylation sites is 4. The van der Waals surface area contributed by atoms with E-state index < -0.39 is 0 Å². The molecule has 21 heavy (non-hydrogen) atoms. The van der Waals surface area contributed by atoms with E-state index >= 15 is 0 Å². The summed E-state index contributed by atoms with van der Waals surface area (Å²) in [4.78, 5) is 14.1. The van der Waals surface area contributed by atoms with Crippen molar-refractivity contribution >= 4 is 28.9 Å². The number of fused-ring (bicyclic) bond motifs is 2. The van der Waals surface area contributed by atoms with Gasteiger partial charge in [-0.25, -0.2) is 0 Å². The monoisotopic (exact) mass is 303 g/mol. The first-order valence-electron chi connectivity index (χ1n) is 6.64. The average molecular weight is 304 g/mol. The number of benzene rings is 2. The SMILES string of the molecule is O=C(CCCl)N1c2ccccc2OCOc2ccccc21. The van der Waals surface area contributed by atoms with Crippen LogP contribution in [-0.4, -0.2) is 18.6 Å². The summed E-state index contributed by atoms with van der Waals surface area (Å²) < 4.78 is 11.2. The molecule has 4 nitrogen and oxygen atoms in total. The average Bonchev–Trinajstić information content (AvgIpc) is 2.48. The van der Waals surface area contributed by atoms with Gasteiger partial charge >= 0.3 is 0 Å². The van der Waals surface area contributed by atoms with Gasteiger partial charge in [-0.1, -0.05) is 24.3 Å². The molecule has 0 radical (unpaired) electrons. The molecule has 108 valence electrons. The minimum atomic E-state index is -0.0981. The van der Waals surface area contributed by atoms with Gasteiger partial charge in [0.05, 0.1) is 11.4 Å². The Bertz CT molecular complexity index is 612. The van der Waals surface area contributed by atoms with Crippen LogP contribution in [0.4, 0.5) is 11.4 Å². The minimum absolute atomic E-state index is 0.0981. The molecule has 0 N–H and O–H groups in total. The second kappa shape index (κ2) is 6.06.